The molecule has 1 aromatic carbocycles. The molecule has 0 spiro atoms. The van der Waals surface area contributed by atoms with Gasteiger partial charge in [-0.05, 0) is 29.7 Å². The Labute approximate surface area is 120 Å². The van der Waals surface area contributed by atoms with E-state index in [1.807, 2.05) is 30.3 Å². The van der Waals surface area contributed by atoms with Crippen molar-refractivity contribution in [3.05, 3.63) is 53.7 Å². The Balaban J connectivity index is 2.49. The van der Waals surface area contributed by atoms with Crippen LogP contribution in [0.1, 0.15) is 35.7 Å². The Bertz CT molecular complexity index is 618. The molecule has 104 valence electrons. The fraction of sp³-hybridized carbons (Fsp3) is 0.294. The van der Waals surface area contributed by atoms with Gasteiger partial charge in [-0.1, -0.05) is 32.0 Å². The summed E-state index contributed by atoms with van der Waals surface area (Å²) in [6, 6.07) is 11.7. The molecule has 0 aliphatic carbocycles. The zero-order valence-corrected chi connectivity index (χ0v) is 12.4. The lowest BCUT2D eigenvalue weighted by Gasteiger charge is -2.14. The van der Waals surface area contributed by atoms with Crippen molar-refractivity contribution in [1.29, 1.82) is 0 Å². The van der Waals surface area contributed by atoms with Crippen LogP contribution in [0.4, 0.5) is 0 Å². The SMILES string of the molecule is CC(C)c1cccnc1-c1cccc(C(=O)N(C)C)c1. The van der Waals surface area contributed by atoms with Crippen LogP contribution in [0, 0.1) is 0 Å². The van der Waals surface area contributed by atoms with E-state index in [9.17, 15) is 4.79 Å². The van der Waals surface area contributed by atoms with Gasteiger partial charge in [-0.15, -0.1) is 0 Å². The largest absolute Gasteiger partial charge is 0.345 e. The van der Waals surface area contributed by atoms with Gasteiger partial charge in [-0.3, -0.25) is 9.78 Å². The fourth-order valence-corrected chi connectivity index (χ4v) is 2.18. The van der Waals surface area contributed by atoms with Crippen molar-refractivity contribution in [2.75, 3.05) is 14.1 Å². The first-order valence-electron chi connectivity index (χ1n) is 6.77. The maximum absolute atomic E-state index is 12.1. The summed E-state index contributed by atoms with van der Waals surface area (Å²) in [6.07, 6.45) is 1.79. The van der Waals surface area contributed by atoms with E-state index in [0.29, 0.717) is 11.5 Å². The molecular weight excluding hydrogens is 248 g/mol. The van der Waals surface area contributed by atoms with Crippen LogP contribution in [0.5, 0.6) is 0 Å². The molecule has 1 heterocycles. The molecular formula is C17H20N2O. The summed E-state index contributed by atoms with van der Waals surface area (Å²) >= 11 is 0. The van der Waals surface area contributed by atoms with Crippen molar-refractivity contribution in [1.82, 2.24) is 9.88 Å². The first-order chi connectivity index (χ1) is 9.50. The number of carbonyl (C=O) groups excluding carboxylic acids is 1. The molecule has 0 atom stereocenters. The smallest absolute Gasteiger partial charge is 0.253 e. The monoisotopic (exact) mass is 268 g/mol. The van der Waals surface area contributed by atoms with Crippen LogP contribution in [0.25, 0.3) is 11.3 Å². The maximum atomic E-state index is 12.1. The molecule has 2 rings (SSSR count). The second-order valence-electron chi connectivity index (χ2n) is 5.38. The van der Waals surface area contributed by atoms with Crippen LogP contribution in [-0.4, -0.2) is 29.9 Å². The average Bonchev–Trinajstić information content (AvgIpc) is 2.46. The molecule has 1 aromatic heterocycles. The van der Waals surface area contributed by atoms with E-state index in [2.05, 4.69) is 24.9 Å². The second-order valence-corrected chi connectivity index (χ2v) is 5.38. The van der Waals surface area contributed by atoms with Gasteiger partial charge in [0.25, 0.3) is 5.91 Å². The van der Waals surface area contributed by atoms with Crippen LogP contribution in [0.2, 0.25) is 0 Å². The topological polar surface area (TPSA) is 33.2 Å². The Morgan fingerprint density at radius 2 is 1.90 bits per heavy atom. The Morgan fingerprint density at radius 1 is 1.15 bits per heavy atom. The number of hydrogen-bond acceptors (Lipinski definition) is 2. The number of hydrogen-bond donors (Lipinski definition) is 0. The molecule has 0 saturated carbocycles. The normalized spacial score (nSPS) is 10.7. The highest BCUT2D eigenvalue weighted by molar-refractivity contribution is 5.95. The number of benzene rings is 1. The number of nitrogens with zero attached hydrogens (tertiary/aromatic N) is 2. The van der Waals surface area contributed by atoms with E-state index in [4.69, 9.17) is 0 Å². The second kappa shape index (κ2) is 5.87. The molecule has 2 aromatic rings. The zero-order chi connectivity index (χ0) is 14.7. The minimum absolute atomic E-state index is 0.00822. The molecule has 0 fully saturated rings. The highest BCUT2D eigenvalue weighted by atomic mass is 16.2. The van der Waals surface area contributed by atoms with Crippen LogP contribution in [-0.2, 0) is 0 Å². The third kappa shape index (κ3) is 2.87. The lowest BCUT2D eigenvalue weighted by atomic mass is 9.96. The molecule has 0 N–H and O–H groups in total. The molecule has 0 bridgehead atoms. The van der Waals surface area contributed by atoms with Crippen LogP contribution in [0.15, 0.2) is 42.6 Å². The van der Waals surface area contributed by atoms with Gasteiger partial charge in [0.05, 0.1) is 5.69 Å². The van der Waals surface area contributed by atoms with Gasteiger partial charge in [0.2, 0.25) is 0 Å². The van der Waals surface area contributed by atoms with Gasteiger partial charge in [0.15, 0.2) is 0 Å². The lowest BCUT2D eigenvalue weighted by Crippen LogP contribution is -2.21. The van der Waals surface area contributed by atoms with Crippen molar-refractivity contribution in [3.63, 3.8) is 0 Å². The lowest BCUT2D eigenvalue weighted by molar-refractivity contribution is 0.0827. The summed E-state index contributed by atoms with van der Waals surface area (Å²) < 4.78 is 0. The summed E-state index contributed by atoms with van der Waals surface area (Å²) in [4.78, 5) is 18.1. The molecule has 0 saturated heterocycles. The fourth-order valence-electron chi connectivity index (χ4n) is 2.18. The minimum Gasteiger partial charge on any atom is -0.345 e. The van der Waals surface area contributed by atoms with Crippen molar-refractivity contribution in [2.24, 2.45) is 0 Å². The predicted octanol–water partition coefficient (Wildman–Crippen LogP) is 3.57. The maximum Gasteiger partial charge on any atom is 0.253 e. The van der Waals surface area contributed by atoms with Crippen molar-refractivity contribution in [2.45, 2.75) is 19.8 Å². The number of pyridine rings is 1. The van der Waals surface area contributed by atoms with E-state index in [-0.39, 0.29) is 5.91 Å². The van der Waals surface area contributed by atoms with Gasteiger partial charge in [-0.25, -0.2) is 0 Å². The molecule has 1 amide bonds. The highest BCUT2D eigenvalue weighted by Crippen LogP contribution is 2.27. The number of rotatable bonds is 3. The van der Waals surface area contributed by atoms with Crippen LogP contribution < -0.4 is 0 Å². The first kappa shape index (κ1) is 14.3. The molecule has 0 unspecified atom stereocenters. The Morgan fingerprint density at radius 3 is 2.55 bits per heavy atom. The van der Waals surface area contributed by atoms with E-state index in [1.165, 1.54) is 5.56 Å². The van der Waals surface area contributed by atoms with Gasteiger partial charge >= 0.3 is 0 Å². The molecule has 0 radical (unpaired) electrons. The summed E-state index contributed by atoms with van der Waals surface area (Å²) in [7, 11) is 3.52. The molecule has 0 aliphatic heterocycles. The Kier molecular flexibility index (Phi) is 4.18. The van der Waals surface area contributed by atoms with E-state index >= 15 is 0 Å². The summed E-state index contributed by atoms with van der Waals surface area (Å²) in [5, 5.41) is 0. The number of amides is 1. The predicted molar refractivity (Wildman–Crippen MR) is 81.8 cm³/mol. The van der Waals surface area contributed by atoms with Gasteiger partial charge in [0, 0.05) is 31.4 Å². The summed E-state index contributed by atoms with van der Waals surface area (Å²) in [5.41, 5.74) is 3.83. The third-order valence-corrected chi connectivity index (χ3v) is 3.25. The zero-order valence-electron chi connectivity index (χ0n) is 12.4. The first-order valence-corrected chi connectivity index (χ1v) is 6.77. The van der Waals surface area contributed by atoms with Crippen molar-refractivity contribution in [3.8, 4) is 11.3 Å². The molecule has 3 heteroatoms. The van der Waals surface area contributed by atoms with Gasteiger partial charge in [-0.2, -0.15) is 0 Å². The standard InChI is InChI=1S/C17H20N2O/c1-12(2)15-9-6-10-18-16(15)13-7-5-8-14(11-13)17(20)19(3)4/h5-12H,1-4H3. The summed E-state index contributed by atoms with van der Waals surface area (Å²) in [6.45, 7) is 4.30. The Hall–Kier alpha value is -2.16. The van der Waals surface area contributed by atoms with Crippen molar-refractivity contribution < 1.29 is 4.79 Å². The third-order valence-electron chi connectivity index (χ3n) is 3.25. The van der Waals surface area contributed by atoms with Gasteiger partial charge < -0.3 is 4.90 Å². The average molecular weight is 268 g/mol. The van der Waals surface area contributed by atoms with Crippen LogP contribution >= 0.6 is 0 Å². The highest BCUT2D eigenvalue weighted by Gasteiger charge is 2.12. The molecule has 0 aliphatic rings. The molecule has 3 nitrogen and oxygen atoms in total. The van der Waals surface area contributed by atoms with Gasteiger partial charge in [0.1, 0.15) is 0 Å². The van der Waals surface area contributed by atoms with Crippen molar-refractivity contribution >= 4 is 5.91 Å². The van der Waals surface area contributed by atoms with Crippen LogP contribution in [0.3, 0.4) is 0 Å². The molecule has 20 heavy (non-hydrogen) atoms. The summed E-state index contributed by atoms with van der Waals surface area (Å²) in [5.74, 6) is 0.404. The minimum atomic E-state index is 0.00822. The quantitative estimate of drug-likeness (QED) is 0.852. The van der Waals surface area contributed by atoms with E-state index in [0.717, 1.165) is 11.3 Å². The van der Waals surface area contributed by atoms with E-state index in [1.54, 1.807) is 25.2 Å². The number of aromatic nitrogens is 1. The van der Waals surface area contributed by atoms with E-state index < -0.39 is 0 Å². The number of carbonyl (C=O) groups is 1.